The number of carbonyl (C=O) groups excluding carboxylic acids is 1. The van der Waals surface area contributed by atoms with Crippen molar-refractivity contribution in [2.24, 2.45) is 7.05 Å². The maximum absolute atomic E-state index is 13.6. The molecule has 0 saturated carbocycles. The first-order valence-corrected chi connectivity index (χ1v) is 9.81. The highest BCUT2D eigenvalue weighted by atomic mass is 19.1. The number of carbonyl (C=O) groups is 1. The maximum Gasteiger partial charge on any atom is 0.255 e. The van der Waals surface area contributed by atoms with Crippen LogP contribution in [0, 0.1) is 5.82 Å². The summed E-state index contributed by atoms with van der Waals surface area (Å²) in [5.74, 6) is -0.680. The van der Waals surface area contributed by atoms with Gasteiger partial charge in [-0.3, -0.25) is 9.48 Å². The van der Waals surface area contributed by atoms with Gasteiger partial charge in [0.05, 0.1) is 29.4 Å². The van der Waals surface area contributed by atoms with Crippen molar-refractivity contribution < 1.29 is 14.3 Å². The molecule has 1 aromatic carbocycles. The molecule has 0 radical (unpaired) electrons. The molecule has 0 unspecified atom stereocenters. The first kappa shape index (κ1) is 20.0. The number of benzene rings is 1. The number of nitrogens with zero attached hydrogens (tertiary/aromatic N) is 4. The molecule has 30 heavy (non-hydrogen) atoms. The number of hydrogen-bond donors (Lipinski definition) is 3. The van der Waals surface area contributed by atoms with Crippen molar-refractivity contribution >= 4 is 28.0 Å². The number of aryl methyl sites for hydroxylation is 1. The van der Waals surface area contributed by atoms with Crippen LogP contribution >= 0.6 is 0 Å². The van der Waals surface area contributed by atoms with E-state index in [-0.39, 0.29) is 18.3 Å². The van der Waals surface area contributed by atoms with Gasteiger partial charge in [-0.1, -0.05) is 13.8 Å². The summed E-state index contributed by atoms with van der Waals surface area (Å²) < 4.78 is 15.2. The molecule has 0 fully saturated rings. The number of H-pyrrole nitrogens is 1. The van der Waals surface area contributed by atoms with Crippen molar-refractivity contribution in [1.29, 1.82) is 0 Å². The van der Waals surface area contributed by atoms with E-state index >= 15 is 0 Å². The summed E-state index contributed by atoms with van der Waals surface area (Å²) >= 11 is 0. The molecule has 0 atom stereocenters. The highest BCUT2D eigenvalue weighted by molar-refractivity contribution is 6.05. The van der Waals surface area contributed by atoms with Gasteiger partial charge >= 0.3 is 0 Å². The molecular weight excluding hydrogens is 387 g/mol. The Labute approximate surface area is 172 Å². The van der Waals surface area contributed by atoms with Gasteiger partial charge in [-0.25, -0.2) is 14.4 Å². The fourth-order valence-electron chi connectivity index (χ4n) is 3.60. The summed E-state index contributed by atoms with van der Waals surface area (Å²) in [6, 6.07) is 4.44. The van der Waals surface area contributed by atoms with Crippen molar-refractivity contribution in [2.75, 3.05) is 6.61 Å². The topological polar surface area (TPSA) is 109 Å². The van der Waals surface area contributed by atoms with E-state index in [0.717, 1.165) is 5.39 Å². The number of hydrogen-bond acceptors (Lipinski definition) is 5. The van der Waals surface area contributed by atoms with Crippen LogP contribution in [0.3, 0.4) is 0 Å². The summed E-state index contributed by atoms with van der Waals surface area (Å²) in [4.78, 5) is 24.9. The minimum atomic E-state index is -0.688. The summed E-state index contributed by atoms with van der Waals surface area (Å²) in [6.07, 6.45) is 4.33. The lowest BCUT2D eigenvalue weighted by molar-refractivity contribution is 0.0819. The SMILES string of the molecule is CCC(CC)(CO)NC(=O)c1c[nH]c2ncc(-c3nn(C)c4cc(F)ccc34)nc12. The molecule has 3 N–H and O–H groups in total. The number of aliphatic hydroxyl groups excluding tert-OH is 1. The van der Waals surface area contributed by atoms with Crippen LogP contribution in [0.1, 0.15) is 37.0 Å². The summed E-state index contributed by atoms with van der Waals surface area (Å²) in [5, 5.41) is 17.9. The van der Waals surface area contributed by atoms with E-state index in [1.165, 1.54) is 12.1 Å². The highest BCUT2D eigenvalue weighted by Crippen LogP contribution is 2.28. The Kier molecular flexibility index (Phi) is 4.98. The van der Waals surface area contributed by atoms with Gasteiger partial charge in [0.1, 0.15) is 22.7 Å². The molecule has 0 aliphatic rings. The predicted molar refractivity (Wildman–Crippen MR) is 111 cm³/mol. The van der Waals surface area contributed by atoms with Crippen LogP contribution in [-0.2, 0) is 7.05 Å². The number of aromatic nitrogens is 5. The second-order valence-electron chi connectivity index (χ2n) is 7.39. The smallest absolute Gasteiger partial charge is 0.255 e. The average Bonchev–Trinajstić information content (AvgIpc) is 3.32. The molecule has 0 aliphatic heterocycles. The zero-order valence-electron chi connectivity index (χ0n) is 17.0. The van der Waals surface area contributed by atoms with Crippen molar-refractivity contribution in [1.82, 2.24) is 30.0 Å². The molecule has 0 spiro atoms. The quantitative estimate of drug-likeness (QED) is 0.453. The second-order valence-corrected chi connectivity index (χ2v) is 7.39. The summed E-state index contributed by atoms with van der Waals surface area (Å²) in [6.45, 7) is 3.69. The number of aromatic amines is 1. The van der Waals surface area contributed by atoms with Gasteiger partial charge in [-0.05, 0) is 31.0 Å². The predicted octanol–water partition coefficient (Wildman–Crippen LogP) is 2.93. The lowest BCUT2D eigenvalue weighted by Gasteiger charge is -2.30. The van der Waals surface area contributed by atoms with Gasteiger partial charge in [0.2, 0.25) is 0 Å². The summed E-state index contributed by atoms with van der Waals surface area (Å²) in [5.41, 5.74) is 2.20. The van der Waals surface area contributed by atoms with Crippen LogP contribution in [-0.4, -0.2) is 47.9 Å². The third-order valence-electron chi connectivity index (χ3n) is 5.72. The minimum Gasteiger partial charge on any atom is -0.394 e. The van der Waals surface area contributed by atoms with Crippen molar-refractivity contribution in [3.63, 3.8) is 0 Å². The molecule has 156 valence electrons. The van der Waals surface area contributed by atoms with Gasteiger partial charge < -0.3 is 15.4 Å². The first-order valence-electron chi connectivity index (χ1n) is 9.81. The molecule has 0 aliphatic carbocycles. The van der Waals surface area contributed by atoms with Crippen LogP contribution in [0.4, 0.5) is 4.39 Å². The van der Waals surface area contributed by atoms with Crippen LogP contribution < -0.4 is 5.32 Å². The Morgan fingerprint density at radius 1 is 1.33 bits per heavy atom. The van der Waals surface area contributed by atoms with Crippen LogP contribution in [0.15, 0.2) is 30.6 Å². The number of fused-ring (bicyclic) bond motifs is 2. The molecule has 3 aromatic heterocycles. The van der Waals surface area contributed by atoms with Gasteiger partial charge in [0.25, 0.3) is 5.91 Å². The Bertz CT molecular complexity index is 1230. The van der Waals surface area contributed by atoms with E-state index in [0.29, 0.717) is 46.5 Å². The molecule has 3 heterocycles. The monoisotopic (exact) mass is 410 g/mol. The third kappa shape index (κ3) is 3.21. The number of nitrogens with one attached hydrogen (secondary N) is 2. The Balaban J connectivity index is 1.78. The van der Waals surface area contributed by atoms with Crippen LogP contribution in [0.25, 0.3) is 33.5 Å². The average molecular weight is 410 g/mol. The van der Waals surface area contributed by atoms with Gasteiger partial charge in [-0.2, -0.15) is 5.10 Å². The fraction of sp³-hybridized carbons (Fsp3) is 0.333. The van der Waals surface area contributed by atoms with E-state index in [9.17, 15) is 14.3 Å². The van der Waals surface area contributed by atoms with E-state index in [2.05, 4.69) is 25.4 Å². The van der Waals surface area contributed by atoms with Crippen LogP contribution in [0.2, 0.25) is 0 Å². The molecule has 4 rings (SSSR count). The Hall–Kier alpha value is -3.33. The largest absolute Gasteiger partial charge is 0.394 e. The van der Waals surface area contributed by atoms with Gasteiger partial charge in [0, 0.05) is 18.6 Å². The maximum atomic E-state index is 13.6. The molecule has 8 nitrogen and oxygen atoms in total. The van der Waals surface area contributed by atoms with Gasteiger partial charge in [0.15, 0.2) is 5.65 Å². The van der Waals surface area contributed by atoms with E-state index in [1.54, 1.807) is 30.2 Å². The number of rotatable bonds is 6. The number of halogens is 1. The molecule has 0 bridgehead atoms. The lowest BCUT2D eigenvalue weighted by atomic mass is 9.93. The molecule has 4 aromatic rings. The summed E-state index contributed by atoms with van der Waals surface area (Å²) in [7, 11) is 1.73. The highest BCUT2D eigenvalue weighted by Gasteiger charge is 2.29. The zero-order valence-corrected chi connectivity index (χ0v) is 17.0. The number of aliphatic hydroxyl groups is 1. The standard InChI is InChI=1S/C21H23FN6O2/c1-4-21(5-2,11-29)26-20(30)14-9-23-19-18(14)25-15(10-24-19)17-13-7-6-12(22)8-16(13)28(3)27-17/h6-10,29H,4-5,11H2,1-3H3,(H,23,24)(H,26,30). The molecule has 9 heteroatoms. The van der Waals surface area contributed by atoms with E-state index in [1.807, 2.05) is 13.8 Å². The first-order chi connectivity index (χ1) is 14.4. The lowest BCUT2D eigenvalue weighted by Crippen LogP contribution is -2.50. The Morgan fingerprint density at radius 3 is 2.80 bits per heavy atom. The van der Waals surface area contributed by atoms with E-state index < -0.39 is 5.54 Å². The van der Waals surface area contributed by atoms with Gasteiger partial charge in [-0.15, -0.1) is 0 Å². The van der Waals surface area contributed by atoms with Crippen molar-refractivity contribution in [3.05, 3.63) is 42.0 Å². The third-order valence-corrected chi connectivity index (χ3v) is 5.72. The second kappa shape index (κ2) is 7.49. The fourth-order valence-corrected chi connectivity index (χ4v) is 3.60. The molecule has 0 saturated heterocycles. The van der Waals surface area contributed by atoms with Crippen molar-refractivity contribution in [2.45, 2.75) is 32.2 Å². The molecule has 1 amide bonds. The normalized spacial score (nSPS) is 12.0. The number of amides is 1. The van der Waals surface area contributed by atoms with Crippen LogP contribution in [0.5, 0.6) is 0 Å². The van der Waals surface area contributed by atoms with Crippen molar-refractivity contribution in [3.8, 4) is 11.4 Å². The van der Waals surface area contributed by atoms with E-state index in [4.69, 9.17) is 0 Å². The Morgan fingerprint density at radius 2 is 2.10 bits per heavy atom. The molecular formula is C21H23FN6O2. The minimum absolute atomic E-state index is 0.151. The zero-order chi connectivity index (χ0) is 21.5.